The van der Waals surface area contributed by atoms with Crippen molar-refractivity contribution in [1.82, 2.24) is 0 Å². The van der Waals surface area contributed by atoms with Crippen molar-refractivity contribution in [3.05, 3.63) is 34.1 Å². The number of thioether (sulfide) groups is 2. The Morgan fingerprint density at radius 3 is 2.78 bits per heavy atom. The van der Waals surface area contributed by atoms with E-state index in [1.807, 2.05) is 29.6 Å². The number of rotatable bonds is 3. The van der Waals surface area contributed by atoms with Gasteiger partial charge < -0.3 is 5.11 Å². The fourth-order valence-electron chi connectivity index (χ4n) is 2.16. The second-order valence-corrected chi connectivity index (χ2v) is 8.15. The fourth-order valence-corrected chi connectivity index (χ4v) is 5.52. The SMILES string of the molecule is CC1SCCSC1C(O)Cc1cc(F)cc(Br)c1. The molecular weight excluding hydrogens is 335 g/mol. The lowest BCUT2D eigenvalue weighted by Gasteiger charge is -2.31. The molecule has 1 fully saturated rings. The lowest BCUT2D eigenvalue weighted by atomic mass is 10.0. The maximum absolute atomic E-state index is 13.3. The first-order chi connectivity index (χ1) is 8.56. The molecule has 1 heterocycles. The van der Waals surface area contributed by atoms with Crippen LogP contribution in [-0.2, 0) is 6.42 Å². The van der Waals surface area contributed by atoms with Gasteiger partial charge in [-0.05, 0) is 30.2 Å². The minimum absolute atomic E-state index is 0.241. The van der Waals surface area contributed by atoms with E-state index in [0.717, 1.165) is 21.5 Å². The maximum Gasteiger partial charge on any atom is 0.124 e. The Hall–Kier alpha value is 0.290. The Morgan fingerprint density at radius 2 is 2.11 bits per heavy atom. The third-order valence-corrected chi connectivity index (χ3v) is 6.68. The molecule has 1 nitrogen and oxygen atoms in total. The third-order valence-electron chi connectivity index (χ3n) is 2.98. The normalized spacial score (nSPS) is 26.0. The van der Waals surface area contributed by atoms with Gasteiger partial charge in [0.25, 0.3) is 0 Å². The Kier molecular flexibility index (Phi) is 5.42. The quantitative estimate of drug-likeness (QED) is 0.896. The second kappa shape index (κ2) is 6.64. The van der Waals surface area contributed by atoms with Crippen LogP contribution < -0.4 is 0 Å². The Balaban J connectivity index is 2.03. The minimum atomic E-state index is -0.411. The summed E-state index contributed by atoms with van der Waals surface area (Å²) in [6, 6.07) is 4.81. The third kappa shape index (κ3) is 3.89. The number of aliphatic hydroxyl groups is 1. The molecule has 0 aromatic heterocycles. The average molecular weight is 351 g/mol. The Bertz CT molecular complexity index is 396. The zero-order valence-corrected chi connectivity index (χ0v) is 13.3. The maximum atomic E-state index is 13.3. The molecule has 0 saturated carbocycles. The van der Waals surface area contributed by atoms with Crippen LogP contribution in [0.3, 0.4) is 0 Å². The molecule has 3 atom stereocenters. The molecule has 18 heavy (non-hydrogen) atoms. The molecule has 0 amide bonds. The van der Waals surface area contributed by atoms with Crippen LogP contribution in [0.25, 0.3) is 0 Å². The molecule has 0 aliphatic carbocycles. The van der Waals surface area contributed by atoms with Gasteiger partial charge >= 0.3 is 0 Å². The molecule has 0 bridgehead atoms. The summed E-state index contributed by atoms with van der Waals surface area (Å²) in [7, 11) is 0. The van der Waals surface area contributed by atoms with E-state index in [4.69, 9.17) is 0 Å². The highest BCUT2D eigenvalue weighted by atomic mass is 79.9. The highest BCUT2D eigenvalue weighted by Crippen LogP contribution is 2.34. The summed E-state index contributed by atoms with van der Waals surface area (Å²) < 4.78 is 14.0. The van der Waals surface area contributed by atoms with Gasteiger partial charge in [0.15, 0.2) is 0 Å². The fraction of sp³-hybridized carbons (Fsp3) is 0.538. The molecule has 1 aliphatic heterocycles. The van der Waals surface area contributed by atoms with Gasteiger partial charge in [0.1, 0.15) is 5.82 Å². The van der Waals surface area contributed by atoms with E-state index >= 15 is 0 Å². The van der Waals surface area contributed by atoms with E-state index in [2.05, 4.69) is 22.9 Å². The zero-order chi connectivity index (χ0) is 13.1. The molecule has 1 N–H and O–H groups in total. The molecule has 5 heteroatoms. The van der Waals surface area contributed by atoms with E-state index in [1.165, 1.54) is 12.1 Å². The number of halogens is 2. The van der Waals surface area contributed by atoms with Crippen LogP contribution in [0.1, 0.15) is 12.5 Å². The molecule has 2 rings (SSSR count). The highest BCUT2D eigenvalue weighted by Gasteiger charge is 2.29. The van der Waals surface area contributed by atoms with E-state index < -0.39 is 6.10 Å². The summed E-state index contributed by atoms with van der Waals surface area (Å²) in [4.78, 5) is 0. The van der Waals surface area contributed by atoms with E-state index in [9.17, 15) is 9.50 Å². The van der Waals surface area contributed by atoms with Crippen molar-refractivity contribution in [1.29, 1.82) is 0 Å². The second-order valence-electron chi connectivity index (χ2n) is 4.46. The van der Waals surface area contributed by atoms with Gasteiger partial charge in [-0.15, -0.1) is 0 Å². The highest BCUT2D eigenvalue weighted by molar-refractivity contribution is 9.10. The topological polar surface area (TPSA) is 20.2 Å². The summed E-state index contributed by atoms with van der Waals surface area (Å²) >= 11 is 7.02. The predicted molar refractivity (Wildman–Crippen MR) is 82.0 cm³/mol. The molecule has 0 spiro atoms. The van der Waals surface area contributed by atoms with Gasteiger partial charge in [0.05, 0.1) is 6.10 Å². The standard InChI is InChI=1S/C13H16BrFOS2/c1-8-13(18-3-2-17-8)12(16)6-9-4-10(14)7-11(15)5-9/h4-5,7-8,12-13,16H,2-3,6H2,1H3. The van der Waals surface area contributed by atoms with Crippen molar-refractivity contribution in [3.8, 4) is 0 Å². The van der Waals surface area contributed by atoms with Crippen molar-refractivity contribution in [2.45, 2.75) is 29.9 Å². The summed E-state index contributed by atoms with van der Waals surface area (Å²) in [5.74, 6) is 1.98. The first kappa shape index (κ1) is 14.7. The Morgan fingerprint density at radius 1 is 1.39 bits per heavy atom. The summed E-state index contributed by atoms with van der Waals surface area (Å²) in [6.45, 7) is 2.16. The molecule has 1 aromatic rings. The number of hydrogen-bond acceptors (Lipinski definition) is 3. The summed E-state index contributed by atoms with van der Waals surface area (Å²) in [5.41, 5.74) is 0.845. The molecule has 0 radical (unpaired) electrons. The minimum Gasteiger partial charge on any atom is -0.392 e. The van der Waals surface area contributed by atoms with Crippen LogP contribution in [0.4, 0.5) is 4.39 Å². The lowest BCUT2D eigenvalue weighted by molar-refractivity contribution is 0.171. The van der Waals surface area contributed by atoms with E-state index in [0.29, 0.717) is 11.7 Å². The molecule has 100 valence electrons. The number of aliphatic hydroxyl groups excluding tert-OH is 1. The van der Waals surface area contributed by atoms with Crippen LogP contribution in [0.2, 0.25) is 0 Å². The summed E-state index contributed by atoms with van der Waals surface area (Å²) in [5, 5.41) is 11.0. The molecule has 1 aromatic carbocycles. The zero-order valence-electron chi connectivity index (χ0n) is 10.1. The largest absolute Gasteiger partial charge is 0.392 e. The smallest absolute Gasteiger partial charge is 0.124 e. The van der Waals surface area contributed by atoms with Crippen molar-refractivity contribution in [2.75, 3.05) is 11.5 Å². The van der Waals surface area contributed by atoms with Gasteiger partial charge in [-0.1, -0.05) is 22.9 Å². The van der Waals surface area contributed by atoms with Gasteiger partial charge in [-0.2, -0.15) is 23.5 Å². The number of hydrogen-bond donors (Lipinski definition) is 1. The van der Waals surface area contributed by atoms with Gasteiger partial charge in [-0.25, -0.2) is 4.39 Å². The van der Waals surface area contributed by atoms with Crippen molar-refractivity contribution >= 4 is 39.5 Å². The predicted octanol–water partition coefficient (Wildman–Crippen LogP) is 3.73. The molecular formula is C13H16BrFOS2. The van der Waals surface area contributed by atoms with E-state index in [-0.39, 0.29) is 11.1 Å². The Labute approximate surface area is 124 Å². The van der Waals surface area contributed by atoms with Crippen molar-refractivity contribution in [2.24, 2.45) is 0 Å². The summed E-state index contributed by atoms with van der Waals surface area (Å²) in [6.07, 6.45) is 0.102. The van der Waals surface area contributed by atoms with Crippen molar-refractivity contribution < 1.29 is 9.50 Å². The molecule has 3 unspecified atom stereocenters. The van der Waals surface area contributed by atoms with Crippen LogP contribution in [0, 0.1) is 5.82 Å². The van der Waals surface area contributed by atoms with Gasteiger partial charge in [0, 0.05) is 26.5 Å². The van der Waals surface area contributed by atoms with Gasteiger partial charge in [0.2, 0.25) is 0 Å². The van der Waals surface area contributed by atoms with Crippen molar-refractivity contribution in [3.63, 3.8) is 0 Å². The van der Waals surface area contributed by atoms with Crippen LogP contribution in [0.15, 0.2) is 22.7 Å². The van der Waals surface area contributed by atoms with E-state index in [1.54, 1.807) is 0 Å². The average Bonchev–Trinajstić information content (AvgIpc) is 2.27. The molecule has 1 aliphatic rings. The van der Waals surface area contributed by atoms with Crippen LogP contribution in [0.5, 0.6) is 0 Å². The monoisotopic (exact) mass is 350 g/mol. The van der Waals surface area contributed by atoms with Gasteiger partial charge in [-0.3, -0.25) is 0 Å². The van der Waals surface area contributed by atoms with Crippen LogP contribution in [-0.4, -0.2) is 33.2 Å². The first-order valence-electron chi connectivity index (χ1n) is 5.92. The first-order valence-corrected chi connectivity index (χ1v) is 8.81. The molecule has 1 saturated heterocycles. The lowest BCUT2D eigenvalue weighted by Crippen LogP contribution is -2.36. The number of benzene rings is 1. The van der Waals surface area contributed by atoms with Crippen LogP contribution >= 0.6 is 39.5 Å².